The minimum absolute atomic E-state index is 0.232. The fraction of sp³-hybridized carbons (Fsp3) is 0.333. The Labute approximate surface area is 148 Å². The molecule has 21 heavy (non-hydrogen) atoms. The lowest BCUT2D eigenvalue weighted by Gasteiger charge is -2.19. The summed E-state index contributed by atoms with van der Waals surface area (Å²) in [6, 6.07) is 3.99. The second kappa shape index (κ2) is 10.3. The van der Waals surface area contributed by atoms with Crippen LogP contribution in [0.3, 0.4) is 0 Å². The number of thiol groups is 1. The molecule has 0 saturated heterocycles. The Morgan fingerprint density at radius 1 is 1.38 bits per heavy atom. The van der Waals surface area contributed by atoms with E-state index in [1.807, 2.05) is 32.9 Å². The van der Waals surface area contributed by atoms with E-state index in [4.69, 9.17) is 11.6 Å². The number of allylic oxidation sites excluding steroid dienone is 4. The highest BCUT2D eigenvalue weighted by atomic mass is 79.9. The third kappa shape index (κ3) is 5.36. The summed E-state index contributed by atoms with van der Waals surface area (Å²) in [6.07, 6.45) is 5.87. The van der Waals surface area contributed by atoms with Crippen LogP contribution in [0.25, 0.3) is 0 Å². The summed E-state index contributed by atoms with van der Waals surface area (Å²) < 4.78 is 0.956. The maximum Gasteiger partial charge on any atom is 0.0550 e. The average Bonchev–Trinajstić information content (AvgIpc) is 2.51. The lowest BCUT2D eigenvalue weighted by molar-refractivity contribution is 0.905. The summed E-state index contributed by atoms with van der Waals surface area (Å²) in [5.41, 5.74) is 3.54. The van der Waals surface area contributed by atoms with Crippen LogP contribution in [0, 0.1) is 6.92 Å². The Kier molecular flexibility index (Phi) is 10.1. The Morgan fingerprint density at radius 2 is 1.95 bits per heavy atom. The van der Waals surface area contributed by atoms with Crippen LogP contribution in [0.4, 0.5) is 0 Å². The molecular formula is C18H24BrClS. The second-order valence-corrected chi connectivity index (χ2v) is 6.02. The van der Waals surface area contributed by atoms with Gasteiger partial charge in [0.15, 0.2) is 0 Å². The zero-order chi connectivity index (χ0) is 16.6. The first-order valence-corrected chi connectivity index (χ1v) is 8.68. The molecule has 0 saturated carbocycles. The van der Waals surface area contributed by atoms with Crippen molar-refractivity contribution in [3.05, 3.63) is 68.0 Å². The largest absolute Gasteiger partial charge is 0.143 e. The lowest BCUT2D eigenvalue weighted by atomic mass is 9.89. The van der Waals surface area contributed by atoms with Gasteiger partial charge in [0.25, 0.3) is 0 Å². The second-order valence-electron chi connectivity index (χ2n) is 4.34. The Morgan fingerprint density at radius 3 is 2.43 bits per heavy atom. The summed E-state index contributed by atoms with van der Waals surface area (Å²) in [7, 11) is 0. The highest BCUT2D eigenvalue weighted by molar-refractivity contribution is 9.10. The van der Waals surface area contributed by atoms with Crippen molar-refractivity contribution in [2.75, 3.05) is 0 Å². The van der Waals surface area contributed by atoms with Crippen LogP contribution < -0.4 is 0 Å². The standard InChI is InChI=1S/C16H18BrClS.C2H6/c1-5-7-13(15(19)6-2)10(3)12-8-9-14(18)16(17)11(12)4;1-2/h5-10,19H,2H2,1,3-4H3;1-2H3/b7-5-,15-13-;. The predicted molar refractivity (Wildman–Crippen MR) is 105 cm³/mol. The molecule has 0 bridgehead atoms. The van der Waals surface area contributed by atoms with E-state index < -0.39 is 0 Å². The molecule has 3 heteroatoms. The Hall–Kier alpha value is -0.440. The number of benzene rings is 1. The van der Waals surface area contributed by atoms with E-state index in [-0.39, 0.29) is 5.92 Å². The SMILES string of the molecule is C=C/C(S)=C(\C=C/C)C(C)c1ccc(Cl)c(Br)c1C.CC. The molecule has 1 aromatic rings. The van der Waals surface area contributed by atoms with E-state index in [1.54, 1.807) is 6.08 Å². The highest BCUT2D eigenvalue weighted by Crippen LogP contribution is 2.36. The molecule has 0 nitrogen and oxygen atoms in total. The van der Waals surface area contributed by atoms with Crippen LogP contribution in [-0.2, 0) is 0 Å². The molecule has 0 aliphatic carbocycles. The maximum atomic E-state index is 6.12. The van der Waals surface area contributed by atoms with Crippen LogP contribution in [0.1, 0.15) is 44.7 Å². The molecule has 1 rings (SSSR count). The zero-order valence-corrected chi connectivity index (χ0v) is 16.6. The molecular weight excluding hydrogens is 364 g/mol. The highest BCUT2D eigenvalue weighted by Gasteiger charge is 2.16. The van der Waals surface area contributed by atoms with Gasteiger partial charge in [0.05, 0.1) is 5.02 Å². The minimum Gasteiger partial charge on any atom is -0.143 e. The van der Waals surface area contributed by atoms with Gasteiger partial charge >= 0.3 is 0 Å². The topological polar surface area (TPSA) is 0 Å². The number of hydrogen-bond acceptors (Lipinski definition) is 1. The summed E-state index contributed by atoms with van der Waals surface area (Å²) in [5.74, 6) is 0.232. The first-order chi connectivity index (χ1) is 9.93. The normalized spacial score (nSPS) is 13.3. The molecule has 1 unspecified atom stereocenters. The van der Waals surface area contributed by atoms with E-state index in [0.29, 0.717) is 0 Å². The van der Waals surface area contributed by atoms with Crippen LogP contribution >= 0.6 is 40.2 Å². The maximum absolute atomic E-state index is 6.12. The molecule has 0 fully saturated rings. The van der Waals surface area contributed by atoms with E-state index in [9.17, 15) is 0 Å². The first kappa shape index (κ1) is 20.6. The predicted octanol–water partition coefficient (Wildman–Crippen LogP) is 7.49. The van der Waals surface area contributed by atoms with Crippen molar-refractivity contribution in [1.29, 1.82) is 0 Å². The third-order valence-corrected chi connectivity index (χ3v) is 5.16. The monoisotopic (exact) mass is 386 g/mol. The number of rotatable bonds is 4. The van der Waals surface area contributed by atoms with E-state index in [1.165, 1.54) is 5.56 Å². The molecule has 0 radical (unpaired) electrons. The van der Waals surface area contributed by atoms with Crippen molar-refractivity contribution in [2.45, 2.75) is 40.5 Å². The van der Waals surface area contributed by atoms with Gasteiger partial charge in [-0.05, 0) is 52.5 Å². The van der Waals surface area contributed by atoms with Gasteiger partial charge in [0.1, 0.15) is 0 Å². The minimum atomic E-state index is 0.232. The van der Waals surface area contributed by atoms with Gasteiger partial charge in [-0.2, -0.15) is 0 Å². The van der Waals surface area contributed by atoms with Crippen LogP contribution in [-0.4, -0.2) is 0 Å². The fourth-order valence-electron chi connectivity index (χ4n) is 2.05. The smallest absolute Gasteiger partial charge is 0.0550 e. The average molecular weight is 388 g/mol. The summed E-state index contributed by atoms with van der Waals surface area (Å²) >= 11 is 14.2. The molecule has 0 aliphatic heterocycles. The molecule has 0 heterocycles. The molecule has 0 amide bonds. The molecule has 1 atom stereocenters. The first-order valence-electron chi connectivity index (χ1n) is 7.06. The molecule has 0 aromatic heterocycles. The molecule has 0 N–H and O–H groups in total. The van der Waals surface area contributed by atoms with E-state index in [0.717, 1.165) is 25.5 Å². The zero-order valence-electron chi connectivity index (χ0n) is 13.4. The van der Waals surface area contributed by atoms with Crippen molar-refractivity contribution in [3.63, 3.8) is 0 Å². The van der Waals surface area contributed by atoms with Crippen molar-refractivity contribution in [3.8, 4) is 0 Å². The summed E-state index contributed by atoms with van der Waals surface area (Å²) in [4.78, 5) is 0.899. The van der Waals surface area contributed by atoms with Gasteiger partial charge in [-0.1, -0.05) is 63.2 Å². The van der Waals surface area contributed by atoms with Crippen molar-refractivity contribution < 1.29 is 0 Å². The molecule has 0 spiro atoms. The van der Waals surface area contributed by atoms with Gasteiger partial charge in [-0.25, -0.2) is 0 Å². The van der Waals surface area contributed by atoms with E-state index >= 15 is 0 Å². The summed E-state index contributed by atoms with van der Waals surface area (Å²) in [5, 5.41) is 0.736. The molecule has 116 valence electrons. The lowest BCUT2D eigenvalue weighted by Crippen LogP contribution is -2.01. The quantitative estimate of drug-likeness (QED) is 0.401. The van der Waals surface area contributed by atoms with Crippen LogP contribution in [0.2, 0.25) is 5.02 Å². The van der Waals surface area contributed by atoms with Crippen molar-refractivity contribution in [2.24, 2.45) is 0 Å². The van der Waals surface area contributed by atoms with Gasteiger partial charge in [-0.15, -0.1) is 12.6 Å². The van der Waals surface area contributed by atoms with Crippen LogP contribution in [0.15, 0.2) is 51.9 Å². The van der Waals surface area contributed by atoms with Gasteiger partial charge < -0.3 is 0 Å². The van der Waals surface area contributed by atoms with Crippen LogP contribution in [0.5, 0.6) is 0 Å². The number of hydrogen-bond donors (Lipinski definition) is 1. The van der Waals surface area contributed by atoms with Crippen molar-refractivity contribution in [1.82, 2.24) is 0 Å². The van der Waals surface area contributed by atoms with Gasteiger partial charge in [0.2, 0.25) is 0 Å². The third-order valence-electron chi connectivity index (χ3n) is 3.15. The fourth-order valence-corrected chi connectivity index (χ4v) is 2.89. The number of halogens is 2. The van der Waals surface area contributed by atoms with E-state index in [2.05, 4.69) is 61.1 Å². The molecule has 1 aromatic carbocycles. The van der Waals surface area contributed by atoms with Gasteiger partial charge in [-0.3, -0.25) is 0 Å². The van der Waals surface area contributed by atoms with Crippen molar-refractivity contribution >= 4 is 40.2 Å². The summed E-state index contributed by atoms with van der Waals surface area (Å²) in [6.45, 7) is 14.0. The van der Waals surface area contributed by atoms with Gasteiger partial charge in [0, 0.05) is 15.3 Å². The Bertz CT molecular complexity index is 544. The molecule has 0 aliphatic rings. The Balaban J connectivity index is 0.00000191.